The molecule has 3 aromatic carbocycles. The molecule has 0 radical (unpaired) electrons. The molecule has 0 saturated carbocycles. The molecule has 1 N–H and O–H groups in total. The van der Waals surface area contributed by atoms with E-state index in [1.807, 2.05) is 0 Å². The van der Waals surface area contributed by atoms with Gasteiger partial charge in [-0.25, -0.2) is 8.78 Å². The topological polar surface area (TPSA) is 20.2 Å². The summed E-state index contributed by atoms with van der Waals surface area (Å²) in [5.41, 5.74) is 5.15. The summed E-state index contributed by atoms with van der Waals surface area (Å²) >= 11 is 0. The largest absolute Gasteiger partial charge is 0.503 e. The van der Waals surface area contributed by atoms with Crippen molar-refractivity contribution < 1.29 is 18.3 Å². The van der Waals surface area contributed by atoms with E-state index in [9.17, 15) is 13.2 Å². The number of phenols is 1. The fraction of sp³-hybridized carbons (Fsp3) is 0.182. The van der Waals surface area contributed by atoms with Gasteiger partial charge in [0.25, 0.3) is 0 Å². The van der Waals surface area contributed by atoms with Crippen molar-refractivity contribution in [1.82, 2.24) is 0 Å². The Morgan fingerprint density at radius 2 is 0.962 bits per heavy atom. The average Bonchev–Trinajstić information content (AvgIpc) is 2.65. The molecule has 0 spiro atoms. The van der Waals surface area contributed by atoms with E-state index in [2.05, 4.69) is 62.4 Å². The molecular formula is C22H21F3O. The first kappa shape index (κ1) is 19.6. The van der Waals surface area contributed by atoms with E-state index < -0.39 is 23.2 Å². The van der Waals surface area contributed by atoms with Gasteiger partial charge in [0.1, 0.15) is 0 Å². The summed E-state index contributed by atoms with van der Waals surface area (Å²) in [5, 5.41) is 8.70. The van der Waals surface area contributed by atoms with Crippen LogP contribution in [0.5, 0.6) is 5.75 Å². The standard InChI is InChI=1S/C14H14.C8H7F3O/c1-11-7-3-5-9-13(11)14-10-6-4-8-12(14)2;1-3-4(2)6(10)8(12)7(11)5(3)9/h3-10H,1-2H3;12H,1-2H3. The summed E-state index contributed by atoms with van der Waals surface area (Å²) in [7, 11) is 0. The second-order valence-corrected chi connectivity index (χ2v) is 6.17. The molecule has 0 heterocycles. The van der Waals surface area contributed by atoms with Crippen LogP contribution >= 0.6 is 0 Å². The highest BCUT2D eigenvalue weighted by Gasteiger charge is 2.19. The molecule has 3 rings (SSSR count). The Morgan fingerprint density at radius 1 is 0.577 bits per heavy atom. The number of aromatic hydroxyl groups is 1. The zero-order chi connectivity index (χ0) is 19.4. The molecule has 0 aromatic heterocycles. The molecule has 0 fully saturated rings. The lowest BCUT2D eigenvalue weighted by Gasteiger charge is -2.08. The fourth-order valence-corrected chi connectivity index (χ4v) is 2.62. The Kier molecular flexibility index (Phi) is 6.09. The zero-order valence-corrected chi connectivity index (χ0v) is 15.2. The van der Waals surface area contributed by atoms with Crippen LogP contribution in [0.2, 0.25) is 0 Å². The summed E-state index contributed by atoms with van der Waals surface area (Å²) in [5.74, 6) is -5.09. The zero-order valence-electron chi connectivity index (χ0n) is 15.2. The highest BCUT2D eigenvalue weighted by molar-refractivity contribution is 5.70. The first-order valence-electron chi connectivity index (χ1n) is 8.20. The van der Waals surface area contributed by atoms with Crippen molar-refractivity contribution in [1.29, 1.82) is 0 Å². The monoisotopic (exact) mass is 358 g/mol. The number of phenolic OH excluding ortho intramolecular Hbond substituents is 1. The number of benzene rings is 3. The van der Waals surface area contributed by atoms with E-state index in [1.54, 1.807) is 0 Å². The summed E-state index contributed by atoms with van der Waals surface area (Å²) < 4.78 is 38.1. The van der Waals surface area contributed by atoms with Gasteiger partial charge in [0.2, 0.25) is 5.82 Å². The minimum absolute atomic E-state index is 0.0774. The van der Waals surface area contributed by atoms with E-state index in [4.69, 9.17) is 5.11 Å². The van der Waals surface area contributed by atoms with Gasteiger partial charge in [-0.3, -0.25) is 0 Å². The quantitative estimate of drug-likeness (QED) is 0.499. The van der Waals surface area contributed by atoms with Crippen LogP contribution < -0.4 is 0 Å². The number of hydrogen-bond acceptors (Lipinski definition) is 1. The van der Waals surface area contributed by atoms with Gasteiger partial charge in [-0.05, 0) is 61.1 Å². The Balaban J connectivity index is 0.000000190. The van der Waals surface area contributed by atoms with Gasteiger partial charge in [-0.15, -0.1) is 0 Å². The van der Waals surface area contributed by atoms with Crippen LogP contribution in [0, 0.1) is 45.1 Å². The van der Waals surface area contributed by atoms with Crippen molar-refractivity contribution >= 4 is 0 Å². The second-order valence-electron chi connectivity index (χ2n) is 6.17. The molecular weight excluding hydrogens is 337 g/mol. The highest BCUT2D eigenvalue weighted by Crippen LogP contribution is 2.28. The van der Waals surface area contributed by atoms with Crippen LogP contribution in [0.25, 0.3) is 11.1 Å². The lowest BCUT2D eigenvalue weighted by molar-refractivity contribution is 0.372. The predicted molar refractivity (Wildman–Crippen MR) is 98.8 cm³/mol. The van der Waals surface area contributed by atoms with Gasteiger partial charge in [0.15, 0.2) is 17.4 Å². The molecule has 4 heteroatoms. The van der Waals surface area contributed by atoms with Crippen molar-refractivity contribution in [3.05, 3.63) is 88.2 Å². The molecule has 0 bridgehead atoms. The van der Waals surface area contributed by atoms with Gasteiger partial charge in [-0.1, -0.05) is 48.5 Å². The van der Waals surface area contributed by atoms with Crippen molar-refractivity contribution in [2.24, 2.45) is 0 Å². The minimum Gasteiger partial charge on any atom is -0.503 e. The summed E-state index contributed by atoms with van der Waals surface area (Å²) in [4.78, 5) is 0. The third-order valence-corrected chi connectivity index (χ3v) is 4.41. The Morgan fingerprint density at radius 3 is 1.38 bits per heavy atom. The van der Waals surface area contributed by atoms with Crippen LogP contribution in [0.1, 0.15) is 22.3 Å². The normalized spacial score (nSPS) is 10.3. The van der Waals surface area contributed by atoms with Crippen LogP contribution in [0.15, 0.2) is 48.5 Å². The third kappa shape index (κ3) is 3.90. The number of rotatable bonds is 1. The smallest absolute Gasteiger partial charge is 0.203 e. The van der Waals surface area contributed by atoms with Gasteiger partial charge >= 0.3 is 0 Å². The fourth-order valence-electron chi connectivity index (χ4n) is 2.62. The Labute approximate surface area is 151 Å². The lowest BCUT2D eigenvalue weighted by atomic mass is 9.97. The van der Waals surface area contributed by atoms with Crippen molar-refractivity contribution in [2.75, 3.05) is 0 Å². The maximum atomic E-state index is 12.8. The van der Waals surface area contributed by atoms with E-state index in [-0.39, 0.29) is 11.1 Å². The molecule has 0 aliphatic heterocycles. The molecule has 0 amide bonds. The first-order chi connectivity index (χ1) is 12.3. The number of hydrogen-bond donors (Lipinski definition) is 1. The van der Waals surface area contributed by atoms with Gasteiger partial charge < -0.3 is 5.11 Å². The minimum atomic E-state index is -1.53. The Hall–Kier alpha value is -2.75. The van der Waals surface area contributed by atoms with Gasteiger partial charge in [0.05, 0.1) is 0 Å². The van der Waals surface area contributed by atoms with Crippen LogP contribution in [0.3, 0.4) is 0 Å². The summed E-state index contributed by atoms with van der Waals surface area (Å²) in [6.07, 6.45) is 0. The van der Waals surface area contributed by atoms with E-state index in [1.165, 1.54) is 36.1 Å². The molecule has 136 valence electrons. The van der Waals surface area contributed by atoms with E-state index in [0.29, 0.717) is 0 Å². The molecule has 0 atom stereocenters. The van der Waals surface area contributed by atoms with Crippen LogP contribution in [0.4, 0.5) is 13.2 Å². The second kappa shape index (κ2) is 8.09. The van der Waals surface area contributed by atoms with Crippen molar-refractivity contribution in [3.8, 4) is 16.9 Å². The maximum Gasteiger partial charge on any atom is 0.203 e. The number of aryl methyl sites for hydroxylation is 2. The van der Waals surface area contributed by atoms with Crippen molar-refractivity contribution in [3.63, 3.8) is 0 Å². The van der Waals surface area contributed by atoms with E-state index >= 15 is 0 Å². The SMILES string of the molecule is Cc1c(C)c(F)c(F)c(O)c1F.Cc1ccccc1-c1ccccc1C. The van der Waals surface area contributed by atoms with Gasteiger partial charge in [-0.2, -0.15) is 4.39 Å². The molecule has 0 aliphatic carbocycles. The average molecular weight is 358 g/mol. The van der Waals surface area contributed by atoms with Crippen molar-refractivity contribution in [2.45, 2.75) is 27.7 Å². The third-order valence-electron chi connectivity index (χ3n) is 4.41. The summed E-state index contributed by atoms with van der Waals surface area (Å²) in [6.45, 7) is 6.83. The lowest BCUT2D eigenvalue weighted by Crippen LogP contribution is -1.97. The molecule has 1 nitrogen and oxygen atoms in total. The van der Waals surface area contributed by atoms with Crippen LogP contribution in [-0.2, 0) is 0 Å². The molecule has 0 unspecified atom stereocenters. The first-order valence-corrected chi connectivity index (χ1v) is 8.20. The van der Waals surface area contributed by atoms with Gasteiger partial charge in [0, 0.05) is 0 Å². The van der Waals surface area contributed by atoms with E-state index in [0.717, 1.165) is 0 Å². The molecule has 0 saturated heterocycles. The summed E-state index contributed by atoms with van der Waals surface area (Å²) in [6, 6.07) is 17.0. The molecule has 3 aromatic rings. The molecule has 26 heavy (non-hydrogen) atoms. The van der Waals surface area contributed by atoms with Crippen LogP contribution in [-0.4, -0.2) is 5.11 Å². The molecule has 0 aliphatic rings. The maximum absolute atomic E-state index is 12.8. The predicted octanol–water partition coefficient (Wildman–Crippen LogP) is 6.40. The Bertz CT molecular complexity index is 784. The number of halogens is 3. The highest BCUT2D eigenvalue weighted by atomic mass is 19.2.